The molecule has 3 aromatic carbocycles. The second-order valence-corrected chi connectivity index (χ2v) is 10.9. The van der Waals surface area contributed by atoms with E-state index in [0.29, 0.717) is 33.9 Å². The molecule has 0 saturated carbocycles. The van der Waals surface area contributed by atoms with Crippen molar-refractivity contribution in [1.29, 1.82) is 5.26 Å². The summed E-state index contributed by atoms with van der Waals surface area (Å²) in [5, 5.41) is 13.3. The first-order valence-electron chi connectivity index (χ1n) is 14.3. The van der Waals surface area contributed by atoms with E-state index in [0.717, 1.165) is 42.9 Å². The molecule has 1 aliphatic rings. The Kier molecular flexibility index (Phi) is 9.21. The van der Waals surface area contributed by atoms with E-state index in [-0.39, 0.29) is 18.2 Å². The van der Waals surface area contributed by atoms with Crippen molar-refractivity contribution in [2.45, 2.75) is 12.5 Å². The number of fused-ring (bicyclic) bond motifs is 1. The van der Waals surface area contributed by atoms with E-state index in [1.807, 2.05) is 12.1 Å². The zero-order valence-electron chi connectivity index (χ0n) is 25.3. The summed E-state index contributed by atoms with van der Waals surface area (Å²) in [4.78, 5) is 41.6. The molecule has 0 bridgehead atoms. The maximum absolute atomic E-state index is 13.5. The molecule has 0 spiro atoms. The van der Waals surface area contributed by atoms with Crippen LogP contribution in [0.5, 0.6) is 17.2 Å². The molecular weight excluding hydrogens is 558 g/mol. The number of amides is 2. The predicted molar refractivity (Wildman–Crippen MR) is 167 cm³/mol. The minimum atomic E-state index is -0.832. The third-order valence-electron chi connectivity index (χ3n) is 7.60. The highest BCUT2D eigenvalue weighted by atomic mass is 16.5. The normalized spacial score (nSPS) is 14.0. The van der Waals surface area contributed by atoms with Crippen LogP contribution in [0.15, 0.2) is 67.0 Å². The van der Waals surface area contributed by atoms with Crippen molar-refractivity contribution in [2.24, 2.45) is 0 Å². The molecule has 5 rings (SSSR count). The van der Waals surface area contributed by atoms with Crippen molar-refractivity contribution >= 4 is 28.5 Å². The maximum atomic E-state index is 13.5. The average molecular weight is 594 g/mol. The van der Waals surface area contributed by atoms with Crippen molar-refractivity contribution in [2.75, 3.05) is 59.3 Å². The largest absolute Gasteiger partial charge is 0.497 e. The number of ether oxygens (including phenoxy) is 2. The maximum Gasteiger partial charge on any atom is 0.252 e. The van der Waals surface area contributed by atoms with Gasteiger partial charge in [0.25, 0.3) is 5.91 Å². The molecular formula is C33H35N7O4. The van der Waals surface area contributed by atoms with Gasteiger partial charge in [0.1, 0.15) is 41.5 Å². The standard InChI is InChI=1S/C33H35N7O4/c1-38(2)33(42)29(17-22-6-5-7-26(16-22)44-30-19-25(43-4)10-8-24(30)20-34)37-32(41)23-9-11-27-28(18-23)35-21-36-31(27)40-14-12-39(3)13-15-40/h5-11,16,18-19,21,29H,12-15,17H2,1-4H3,(H,37,41). The third kappa shape index (κ3) is 6.88. The topological polar surface area (TPSA) is 124 Å². The van der Waals surface area contributed by atoms with Gasteiger partial charge >= 0.3 is 0 Å². The van der Waals surface area contributed by atoms with Gasteiger partial charge in [0, 0.05) is 63.7 Å². The van der Waals surface area contributed by atoms with Crippen LogP contribution in [0.3, 0.4) is 0 Å². The Hall–Kier alpha value is -5.21. The summed E-state index contributed by atoms with van der Waals surface area (Å²) in [5.74, 6) is 1.63. The predicted octanol–water partition coefficient (Wildman–Crippen LogP) is 3.48. The van der Waals surface area contributed by atoms with Crippen LogP contribution in [0.2, 0.25) is 0 Å². The summed E-state index contributed by atoms with van der Waals surface area (Å²) >= 11 is 0. The molecule has 1 atom stereocenters. The number of nitrogens with one attached hydrogen (secondary N) is 1. The highest BCUT2D eigenvalue weighted by molar-refractivity contribution is 6.01. The van der Waals surface area contributed by atoms with Crippen LogP contribution in [-0.2, 0) is 11.2 Å². The molecule has 226 valence electrons. The lowest BCUT2D eigenvalue weighted by Crippen LogP contribution is -2.47. The molecule has 1 saturated heterocycles. The van der Waals surface area contributed by atoms with E-state index in [9.17, 15) is 14.9 Å². The van der Waals surface area contributed by atoms with Gasteiger partial charge in [-0.05, 0) is 55.1 Å². The van der Waals surface area contributed by atoms with Gasteiger partial charge in [-0.25, -0.2) is 9.97 Å². The summed E-state index contributed by atoms with van der Waals surface area (Å²) in [7, 11) is 6.95. The fourth-order valence-corrected chi connectivity index (χ4v) is 5.11. The molecule has 1 aliphatic heterocycles. The Morgan fingerprint density at radius 1 is 1.02 bits per heavy atom. The summed E-state index contributed by atoms with van der Waals surface area (Å²) in [5.41, 5.74) is 2.19. The lowest BCUT2D eigenvalue weighted by Gasteiger charge is -2.33. The average Bonchev–Trinajstić information content (AvgIpc) is 3.04. The van der Waals surface area contributed by atoms with Crippen LogP contribution in [-0.4, -0.2) is 92.1 Å². The number of rotatable bonds is 9. The molecule has 1 N–H and O–H groups in total. The van der Waals surface area contributed by atoms with Crippen molar-refractivity contribution in [3.63, 3.8) is 0 Å². The van der Waals surface area contributed by atoms with Gasteiger partial charge in [-0.3, -0.25) is 9.59 Å². The number of likely N-dealkylation sites (N-methyl/N-ethyl adjacent to an activating group) is 2. The quantitative estimate of drug-likeness (QED) is 0.311. The molecule has 0 aliphatic carbocycles. The zero-order valence-corrected chi connectivity index (χ0v) is 25.3. The van der Waals surface area contributed by atoms with Crippen molar-refractivity contribution in [3.05, 3.63) is 83.7 Å². The number of carbonyl (C=O) groups excluding carboxylic acids is 2. The smallest absolute Gasteiger partial charge is 0.252 e. The minimum absolute atomic E-state index is 0.229. The molecule has 1 aromatic heterocycles. The Morgan fingerprint density at radius 3 is 2.55 bits per heavy atom. The molecule has 2 heterocycles. The second-order valence-electron chi connectivity index (χ2n) is 10.9. The SMILES string of the molecule is COc1ccc(C#N)c(Oc2cccc(CC(NC(=O)c3ccc4c(N5CCN(C)CC5)ncnc4c3)C(=O)N(C)C)c2)c1. The molecule has 11 heteroatoms. The van der Waals surface area contributed by atoms with Crippen LogP contribution >= 0.6 is 0 Å². The molecule has 44 heavy (non-hydrogen) atoms. The van der Waals surface area contributed by atoms with Gasteiger partial charge in [0.2, 0.25) is 5.91 Å². The van der Waals surface area contributed by atoms with E-state index >= 15 is 0 Å². The van der Waals surface area contributed by atoms with Crippen LogP contribution in [0.25, 0.3) is 10.9 Å². The van der Waals surface area contributed by atoms with Crippen LogP contribution in [0, 0.1) is 11.3 Å². The molecule has 0 radical (unpaired) electrons. The van der Waals surface area contributed by atoms with E-state index in [1.165, 1.54) is 11.2 Å². The number of anilines is 1. The number of methoxy groups -OCH3 is 1. The number of benzene rings is 3. The monoisotopic (exact) mass is 593 g/mol. The van der Waals surface area contributed by atoms with Gasteiger partial charge < -0.3 is 29.5 Å². The zero-order chi connectivity index (χ0) is 31.2. The van der Waals surface area contributed by atoms with Crippen molar-refractivity contribution in [1.82, 2.24) is 25.1 Å². The number of hydrogen-bond donors (Lipinski definition) is 1. The minimum Gasteiger partial charge on any atom is -0.497 e. The Bertz CT molecular complexity index is 1710. The number of aromatic nitrogens is 2. The van der Waals surface area contributed by atoms with Gasteiger partial charge in [-0.1, -0.05) is 12.1 Å². The van der Waals surface area contributed by atoms with E-state index in [1.54, 1.807) is 69.7 Å². The fourth-order valence-electron chi connectivity index (χ4n) is 5.11. The molecule has 4 aromatic rings. The lowest BCUT2D eigenvalue weighted by atomic mass is 10.0. The summed E-state index contributed by atoms with van der Waals surface area (Å²) < 4.78 is 11.3. The van der Waals surface area contributed by atoms with E-state index < -0.39 is 6.04 Å². The van der Waals surface area contributed by atoms with Crippen LogP contribution < -0.4 is 19.7 Å². The van der Waals surface area contributed by atoms with Crippen molar-refractivity contribution < 1.29 is 19.1 Å². The lowest BCUT2D eigenvalue weighted by molar-refractivity contribution is -0.130. The third-order valence-corrected chi connectivity index (χ3v) is 7.60. The summed E-state index contributed by atoms with van der Waals surface area (Å²) in [6.45, 7) is 3.63. The number of nitriles is 1. The first kappa shape index (κ1) is 30.3. The Labute approximate surface area is 256 Å². The summed E-state index contributed by atoms with van der Waals surface area (Å²) in [6.07, 6.45) is 1.75. The van der Waals surface area contributed by atoms with E-state index in [2.05, 4.69) is 38.2 Å². The number of hydrogen-bond acceptors (Lipinski definition) is 9. The van der Waals surface area contributed by atoms with Crippen LogP contribution in [0.1, 0.15) is 21.5 Å². The van der Waals surface area contributed by atoms with E-state index in [4.69, 9.17) is 9.47 Å². The number of piperazine rings is 1. The van der Waals surface area contributed by atoms with Gasteiger partial charge in [0.05, 0.1) is 18.2 Å². The van der Waals surface area contributed by atoms with Gasteiger partial charge in [-0.15, -0.1) is 0 Å². The first-order chi connectivity index (χ1) is 21.2. The number of carbonyl (C=O) groups is 2. The van der Waals surface area contributed by atoms with Crippen molar-refractivity contribution in [3.8, 4) is 23.3 Å². The first-order valence-corrected chi connectivity index (χ1v) is 14.3. The van der Waals surface area contributed by atoms with Gasteiger partial charge in [-0.2, -0.15) is 5.26 Å². The van der Waals surface area contributed by atoms with Crippen LogP contribution in [0.4, 0.5) is 5.82 Å². The molecule has 2 amide bonds. The number of nitrogens with zero attached hydrogens (tertiary/aromatic N) is 6. The molecule has 1 unspecified atom stereocenters. The highest BCUT2D eigenvalue weighted by Gasteiger charge is 2.25. The molecule has 1 fully saturated rings. The highest BCUT2D eigenvalue weighted by Crippen LogP contribution is 2.30. The second kappa shape index (κ2) is 13.4. The fraction of sp³-hybridized carbons (Fsp3) is 0.303. The Balaban J connectivity index is 1.35. The Morgan fingerprint density at radius 2 is 1.82 bits per heavy atom. The van der Waals surface area contributed by atoms with Gasteiger partial charge in [0.15, 0.2) is 0 Å². The molecule has 11 nitrogen and oxygen atoms in total. The summed E-state index contributed by atoms with van der Waals surface area (Å²) in [6, 6.07) is 18.8.